The maximum atomic E-state index is 11.4. The van der Waals surface area contributed by atoms with Gasteiger partial charge in [0.2, 0.25) is 0 Å². The van der Waals surface area contributed by atoms with Crippen LogP contribution in [-0.4, -0.2) is 17.3 Å². The first-order valence-electron chi connectivity index (χ1n) is 5.06. The van der Waals surface area contributed by atoms with E-state index in [1.54, 1.807) is 7.11 Å². The van der Waals surface area contributed by atoms with E-state index in [-0.39, 0.29) is 5.91 Å². The third-order valence-corrected chi connectivity index (χ3v) is 3.55. The summed E-state index contributed by atoms with van der Waals surface area (Å²) < 4.78 is 5.76. The lowest BCUT2D eigenvalue weighted by molar-refractivity contribution is -0.115. The second-order valence-corrected chi connectivity index (χ2v) is 5.15. The summed E-state index contributed by atoms with van der Waals surface area (Å²) in [5.74, 6) is 0.713. The molecule has 0 atom stereocenters. The van der Waals surface area contributed by atoms with Crippen molar-refractivity contribution in [3.63, 3.8) is 0 Å². The fourth-order valence-electron chi connectivity index (χ4n) is 1.53. The SMILES string of the molecule is COc1ccccc1CC=C1SC(=S)NC1=O. The molecule has 1 amide bonds. The van der Waals surface area contributed by atoms with Crippen molar-refractivity contribution in [3.05, 3.63) is 40.8 Å². The Morgan fingerprint density at radius 3 is 2.88 bits per heavy atom. The van der Waals surface area contributed by atoms with E-state index in [4.69, 9.17) is 17.0 Å². The van der Waals surface area contributed by atoms with Gasteiger partial charge in [-0.25, -0.2) is 0 Å². The lowest BCUT2D eigenvalue weighted by Gasteiger charge is -2.05. The number of thiocarbonyl (C=S) groups is 1. The molecule has 1 heterocycles. The lowest BCUT2D eigenvalue weighted by atomic mass is 10.1. The Morgan fingerprint density at radius 2 is 2.24 bits per heavy atom. The molecule has 1 saturated heterocycles. The van der Waals surface area contributed by atoms with Gasteiger partial charge in [-0.1, -0.05) is 48.3 Å². The van der Waals surface area contributed by atoms with Gasteiger partial charge in [0.1, 0.15) is 10.1 Å². The molecule has 1 aromatic carbocycles. The van der Waals surface area contributed by atoms with Crippen molar-refractivity contribution in [2.75, 3.05) is 7.11 Å². The van der Waals surface area contributed by atoms with Crippen molar-refractivity contribution >= 4 is 34.2 Å². The number of hydrogen-bond acceptors (Lipinski definition) is 4. The number of carbonyl (C=O) groups excluding carboxylic acids is 1. The molecule has 1 fully saturated rings. The molecule has 0 radical (unpaired) electrons. The smallest absolute Gasteiger partial charge is 0.263 e. The van der Waals surface area contributed by atoms with Crippen LogP contribution < -0.4 is 10.1 Å². The molecule has 1 N–H and O–H groups in total. The van der Waals surface area contributed by atoms with Crippen molar-refractivity contribution in [2.24, 2.45) is 0 Å². The quantitative estimate of drug-likeness (QED) is 0.672. The first-order chi connectivity index (χ1) is 8.20. The van der Waals surface area contributed by atoms with Crippen LogP contribution in [0.25, 0.3) is 0 Å². The summed E-state index contributed by atoms with van der Waals surface area (Å²) in [6, 6.07) is 7.75. The summed E-state index contributed by atoms with van der Waals surface area (Å²) in [4.78, 5) is 12.1. The highest BCUT2D eigenvalue weighted by atomic mass is 32.2. The molecule has 5 heteroatoms. The van der Waals surface area contributed by atoms with Gasteiger partial charge >= 0.3 is 0 Å². The number of benzene rings is 1. The molecule has 0 saturated carbocycles. The molecule has 1 aliphatic rings. The molecular formula is C12H11NO2S2. The number of hydrogen-bond donors (Lipinski definition) is 1. The maximum absolute atomic E-state index is 11.4. The second kappa shape index (κ2) is 5.33. The van der Waals surface area contributed by atoms with Crippen LogP contribution in [0.4, 0.5) is 0 Å². The number of allylic oxidation sites excluding steroid dienone is 1. The van der Waals surface area contributed by atoms with Crippen LogP contribution in [0.15, 0.2) is 35.2 Å². The molecule has 0 spiro atoms. The summed E-state index contributed by atoms with van der Waals surface area (Å²) in [5.41, 5.74) is 1.05. The van der Waals surface area contributed by atoms with Crippen LogP contribution >= 0.6 is 24.0 Å². The predicted octanol–water partition coefficient (Wildman–Crippen LogP) is 2.27. The van der Waals surface area contributed by atoms with Gasteiger partial charge in [-0.05, 0) is 18.1 Å². The van der Waals surface area contributed by atoms with E-state index in [0.29, 0.717) is 15.6 Å². The Morgan fingerprint density at radius 1 is 1.47 bits per heavy atom. The molecular weight excluding hydrogens is 254 g/mol. The van der Waals surface area contributed by atoms with Crippen LogP contribution in [0.1, 0.15) is 5.56 Å². The number of thioether (sulfide) groups is 1. The molecule has 1 aliphatic heterocycles. The van der Waals surface area contributed by atoms with Crippen LogP contribution in [0, 0.1) is 0 Å². The number of amides is 1. The van der Waals surface area contributed by atoms with E-state index < -0.39 is 0 Å². The molecule has 0 aliphatic carbocycles. The Labute approximate surface area is 109 Å². The first kappa shape index (κ1) is 12.1. The maximum Gasteiger partial charge on any atom is 0.263 e. The second-order valence-electron chi connectivity index (χ2n) is 3.43. The lowest BCUT2D eigenvalue weighted by Crippen LogP contribution is -2.17. The topological polar surface area (TPSA) is 38.3 Å². The number of ether oxygens (including phenoxy) is 1. The average Bonchev–Trinajstić information content (AvgIpc) is 2.65. The van der Waals surface area contributed by atoms with Gasteiger partial charge < -0.3 is 10.1 Å². The van der Waals surface area contributed by atoms with Crippen molar-refractivity contribution < 1.29 is 9.53 Å². The zero-order chi connectivity index (χ0) is 12.3. The Bertz CT molecular complexity index is 497. The van der Waals surface area contributed by atoms with Crippen LogP contribution in [0.5, 0.6) is 5.75 Å². The third-order valence-electron chi connectivity index (χ3n) is 2.34. The highest BCUT2D eigenvalue weighted by Crippen LogP contribution is 2.25. The van der Waals surface area contributed by atoms with E-state index in [2.05, 4.69) is 5.32 Å². The van der Waals surface area contributed by atoms with Gasteiger partial charge in [0.15, 0.2) is 0 Å². The third kappa shape index (κ3) is 2.87. The molecule has 2 rings (SSSR count). The monoisotopic (exact) mass is 265 g/mol. The predicted molar refractivity (Wildman–Crippen MR) is 73.1 cm³/mol. The number of nitrogens with one attached hydrogen (secondary N) is 1. The fraction of sp³-hybridized carbons (Fsp3) is 0.167. The van der Waals surface area contributed by atoms with Crippen molar-refractivity contribution in [1.82, 2.24) is 5.32 Å². The standard InChI is InChI=1S/C12H11NO2S2/c1-15-9-5-3-2-4-8(9)6-7-10-11(14)13-12(16)17-10/h2-5,7H,6H2,1H3,(H,13,14,16). The zero-order valence-electron chi connectivity index (χ0n) is 9.23. The summed E-state index contributed by atoms with van der Waals surface area (Å²) in [6.07, 6.45) is 2.53. The minimum atomic E-state index is -0.116. The molecule has 88 valence electrons. The van der Waals surface area contributed by atoms with E-state index >= 15 is 0 Å². The van der Waals surface area contributed by atoms with Gasteiger partial charge in [-0.3, -0.25) is 4.79 Å². The minimum Gasteiger partial charge on any atom is -0.496 e. The summed E-state index contributed by atoms with van der Waals surface area (Å²) in [7, 11) is 1.64. The van der Waals surface area contributed by atoms with Crippen molar-refractivity contribution in [3.8, 4) is 5.75 Å². The molecule has 3 nitrogen and oxygen atoms in total. The number of carbonyl (C=O) groups is 1. The van der Waals surface area contributed by atoms with Gasteiger partial charge in [-0.2, -0.15) is 0 Å². The Balaban J connectivity index is 2.14. The highest BCUT2D eigenvalue weighted by Gasteiger charge is 2.21. The first-order valence-corrected chi connectivity index (χ1v) is 6.28. The van der Waals surface area contributed by atoms with E-state index in [9.17, 15) is 4.79 Å². The van der Waals surface area contributed by atoms with Crippen molar-refractivity contribution in [2.45, 2.75) is 6.42 Å². The summed E-state index contributed by atoms with van der Waals surface area (Å²) in [5, 5.41) is 2.59. The normalized spacial score (nSPS) is 17.4. The Kier molecular flexibility index (Phi) is 3.81. The fourth-order valence-corrected chi connectivity index (χ4v) is 2.55. The summed E-state index contributed by atoms with van der Waals surface area (Å²) >= 11 is 6.22. The van der Waals surface area contributed by atoms with Crippen LogP contribution in [0.3, 0.4) is 0 Å². The Hall–Kier alpha value is -1.33. The molecule has 17 heavy (non-hydrogen) atoms. The summed E-state index contributed by atoms with van der Waals surface area (Å²) in [6.45, 7) is 0. The van der Waals surface area contributed by atoms with Crippen LogP contribution in [0.2, 0.25) is 0 Å². The molecule has 1 aromatic rings. The molecule has 0 bridgehead atoms. The number of rotatable bonds is 3. The largest absolute Gasteiger partial charge is 0.496 e. The minimum absolute atomic E-state index is 0.116. The molecule has 0 unspecified atom stereocenters. The highest BCUT2D eigenvalue weighted by molar-refractivity contribution is 8.26. The number of methoxy groups -OCH3 is 1. The average molecular weight is 265 g/mol. The molecule has 0 aromatic heterocycles. The van der Waals surface area contributed by atoms with Crippen molar-refractivity contribution in [1.29, 1.82) is 0 Å². The van der Waals surface area contributed by atoms with Gasteiger partial charge in [0.05, 0.1) is 12.0 Å². The van der Waals surface area contributed by atoms with E-state index in [1.807, 2.05) is 30.3 Å². The zero-order valence-corrected chi connectivity index (χ0v) is 10.9. The van der Waals surface area contributed by atoms with Gasteiger partial charge in [-0.15, -0.1) is 0 Å². The number of para-hydroxylation sites is 1. The van der Waals surface area contributed by atoms with Gasteiger partial charge in [0.25, 0.3) is 5.91 Å². The van der Waals surface area contributed by atoms with Crippen LogP contribution in [-0.2, 0) is 11.2 Å². The van der Waals surface area contributed by atoms with E-state index in [0.717, 1.165) is 11.3 Å². The van der Waals surface area contributed by atoms with Gasteiger partial charge in [0, 0.05) is 0 Å². The van der Waals surface area contributed by atoms with E-state index in [1.165, 1.54) is 11.8 Å².